The summed E-state index contributed by atoms with van der Waals surface area (Å²) < 4.78 is 0. The van der Waals surface area contributed by atoms with E-state index in [1.54, 1.807) is 0 Å². The van der Waals surface area contributed by atoms with Crippen LogP contribution in [0.3, 0.4) is 0 Å². The monoisotopic (exact) mass is 318 g/mol. The zero-order valence-electron chi connectivity index (χ0n) is 12.6. The Kier molecular flexibility index (Phi) is 4.99. The molecule has 0 radical (unpaired) electrons. The number of nitrogens with one attached hydrogen (secondary N) is 1. The van der Waals surface area contributed by atoms with Crippen molar-refractivity contribution in [1.29, 1.82) is 0 Å². The van der Waals surface area contributed by atoms with E-state index in [1.807, 2.05) is 23.1 Å². The highest BCUT2D eigenvalue weighted by atomic mass is 32.2. The first kappa shape index (κ1) is 15.1. The predicted octanol–water partition coefficient (Wildman–Crippen LogP) is 4.70. The topological polar surface area (TPSA) is 24.9 Å². The lowest BCUT2D eigenvalue weighted by Crippen LogP contribution is -2.14. The molecule has 112 valence electrons. The van der Waals surface area contributed by atoms with Crippen molar-refractivity contribution in [3.05, 3.63) is 40.2 Å². The second kappa shape index (κ2) is 6.95. The van der Waals surface area contributed by atoms with Crippen molar-refractivity contribution in [2.24, 2.45) is 0 Å². The van der Waals surface area contributed by atoms with Gasteiger partial charge in [0, 0.05) is 28.8 Å². The summed E-state index contributed by atoms with van der Waals surface area (Å²) in [6.07, 6.45) is 2.66. The number of rotatable bonds is 7. The van der Waals surface area contributed by atoms with E-state index in [-0.39, 0.29) is 0 Å². The van der Waals surface area contributed by atoms with Crippen LogP contribution in [-0.4, -0.2) is 16.3 Å². The largest absolute Gasteiger partial charge is 0.309 e. The molecule has 4 heteroatoms. The smallest absolute Gasteiger partial charge is 0.103 e. The van der Waals surface area contributed by atoms with E-state index in [0.29, 0.717) is 5.25 Å². The average molecular weight is 319 g/mol. The van der Waals surface area contributed by atoms with Crippen molar-refractivity contribution >= 4 is 23.1 Å². The van der Waals surface area contributed by atoms with Crippen molar-refractivity contribution in [2.75, 3.05) is 0 Å². The highest BCUT2D eigenvalue weighted by molar-refractivity contribution is 7.99. The highest BCUT2D eigenvalue weighted by Gasteiger charge is 2.22. The minimum Gasteiger partial charge on any atom is -0.309 e. The van der Waals surface area contributed by atoms with Gasteiger partial charge in [0.2, 0.25) is 0 Å². The molecule has 0 atom stereocenters. The van der Waals surface area contributed by atoms with Gasteiger partial charge in [-0.3, -0.25) is 0 Å². The van der Waals surface area contributed by atoms with Crippen LogP contribution in [0.25, 0.3) is 11.3 Å². The Morgan fingerprint density at radius 3 is 2.71 bits per heavy atom. The number of nitrogens with zero attached hydrogens (tertiary/aromatic N) is 1. The number of aromatic nitrogens is 1. The first-order valence-corrected chi connectivity index (χ1v) is 9.48. The molecule has 1 fully saturated rings. The predicted molar refractivity (Wildman–Crippen MR) is 93.8 cm³/mol. The summed E-state index contributed by atoms with van der Waals surface area (Å²) in [5.41, 5.74) is 2.41. The van der Waals surface area contributed by atoms with Gasteiger partial charge in [0.15, 0.2) is 0 Å². The van der Waals surface area contributed by atoms with Gasteiger partial charge in [-0.15, -0.1) is 11.3 Å². The molecule has 2 aromatic rings. The minimum atomic E-state index is 0.655. The van der Waals surface area contributed by atoms with Gasteiger partial charge in [-0.05, 0) is 18.1 Å². The van der Waals surface area contributed by atoms with Crippen LogP contribution in [0.4, 0.5) is 0 Å². The molecule has 0 bridgehead atoms. The van der Waals surface area contributed by atoms with Crippen LogP contribution in [-0.2, 0) is 12.3 Å². The molecule has 0 amide bonds. The van der Waals surface area contributed by atoms with Crippen LogP contribution in [0.15, 0.2) is 30.3 Å². The van der Waals surface area contributed by atoms with Crippen LogP contribution in [0.5, 0.6) is 0 Å². The Labute approximate surface area is 135 Å². The average Bonchev–Trinajstić information content (AvgIpc) is 3.23. The molecule has 1 aliphatic rings. The van der Waals surface area contributed by atoms with Crippen molar-refractivity contribution < 1.29 is 0 Å². The molecule has 0 unspecified atom stereocenters. The molecule has 3 rings (SSSR count). The Bertz CT molecular complexity index is 574. The van der Waals surface area contributed by atoms with Crippen LogP contribution in [0, 0.1) is 0 Å². The lowest BCUT2D eigenvalue weighted by Gasteiger charge is -2.03. The van der Waals surface area contributed by atoms with E-state index in [0.717, 1.165) is 18.3 Å². The van der Waals surface area contributed by atoms with Gasteiger partial charge in [0.1, 0.15) is 5.01 Å². The standard InChI is InChI=1S/C17H22N2S2/c1-12(2)20-11-16-19-17(13-6-4-3-5-7-13)15(21-16)10-18-14-8-9-14/h3-7,12,14,18H,8-11H2,1-2H3. The van der Waals surface area contributed by atoms with Gasteiger partial charge in [-0.25, -0.2) is 4.98 Å². The first-order chi connectivity index (χ1) is 10.2. The Hall–Kier alpha value is -0.840. The Morgan fingerprint density at radius 2 is 2.05 bits per heavy atom. The van der Waals surface area contributed by atoms with Gasteiger partial charge in [-0.2, -0.15) is 11.8 Å². The second-order valence-corrected chi connectivity index (χ2v) is 8.49. The van der Waals surface area contributed by atoms with E-state index in [4.69, 9.17) is 4.98 Å². The number of thiazole rings is 1. The van der Waals surface area contributed by atoms with Crippen molar-refractivity contribution in [3.8, 4) is 11.3 Å². The van der Waals surface area contributed by atoms with E-state index >= 15 is 0 Å². The maximum absolute atomic E-state index is 4.91. The quantitative estimate of drug-likeness (QED) is 0.800. The Balaban J connectivity index is 1.80. The molecule has 0 aliphatic heterocycles. The molecule has 1 aliphatic carbocycles. The lowest BCUT2D eigenvalue weighted by molar-refractivity contribution is 0.695. The van der Waals surface area contributed by atoms with Crippen LogP contribution >= 0.6 is 23.1 Å². The van der Waals surface area contributed by atoms with Crippen LogP contribution in [0.1, 0.15) is 36.6 Å². The molecule has 2 nitrogen and oxygen atoms in total. The molecule has 1 aromatic carbocycles. The third kappa shape index (κ3) is 4.31. The fourth-order valence-electron chi connectivity index (χ4n) is 2.17. The lowest BCUT2D eigenvalue weighted by atomic mass is 10.1. The summed E-state index contributed by atoms with van der Waals surface area (Å²) in [6.45, 7) is 5.44. The number of hydrogen-bond acceptors (Lipinski definition) is 4. The highest BCUT2D eigenvalue weighted by Crippen LogP contribution is 2.31. The summed E-state index contributed by atoms with van der Waals surface area (Å²) in [7, 11) is 0. The number of benzene rings is 1. The second-order valence-electron chi connectivity index (χ2n) is 5.76. The normalized spacial score (nSPS) is 14.8. The first-order valence-electron chi connectivity index (χ1n) is 7.61. The summed E-state index contributed by atoms with van der Waals surface area (Å²) >= 11 is 3.84. The van der Waals surface area contributed by atoms with Crippen molar-refractivity contribution in [1.82, 2.24) is 10.3 Å². The van der Waals surface area contributed by atoms with Gasteiger partial charge in [0.25, 0.3) is 0 Å². The van der Waals surface area contributed by atoms with Gasteiger partial charge >= 0.3 is 0 Å². The van der Waals surface area contributed by atoms with Crippen molar-refractivity contribution in [3.63, 3.8) is 0 Å². The van der Waals surface area contributed by atoms with Gasteiger partial charge in [-0.1, -0.05) is 44.2 Å². The number of thioether (sulfide) groups is 1. The molecule has 0 spiro atoms. The summed E-state index contributed by atoms with van der Waals surface area (Å²) in [5, 5.41) is 5.53. The zero-order chi connectivity index (χ0) is 14.7. The van der Waals surface area contributed by atoms with E-state index < -0.39 is 0 Å². The molecule has 0 saturated heterocycles. The maximum atomic E-state index is 4.91. The van der Waals surface area contributed by atoms with E-state index in [2.05, 4.69) is 49.5 Å². The summed E-state index contributed by atoms with van der Waals surface area (Å²) in [6, 6.07) is 11.3. The van der Waals surface area contributed by atoms with Gasteiger partial charge < -0.3 is 5.32 Å². The van der Waals surface area contributed by atoms with E-state index in [1.165, 1.54) is 34.0 Å². The fourth-order valence-corrected chi connectivity index (χ4v) is 3.98. The molecular formula is C17H22N2S2. The fraction of sp³-hybridized carbons (Fsp3) is 0.471. The molecule has 1 N–H and O–H groups in total. The molecular weight excluding hydrogens is 296 g/mol. The third-order valence-corrected chi connectivity index (χ3v) is 5.80. The third-order valence-electron chi connectivity index (χ3n) is 3.46. The van der Waals surface area contributed by atoms with Crippen molar-refractivity contribution in [2.45, 2.75) is 50.3 Å². The van der Waals surface area contributed by atoms with Gasteiger partial charge in [0.05, 0.1) is 5.69 Å². The summed E-state index contributed by atoms with van der Waals surface area (Å²) in [4.78, 5) is 6.29. The molecule has 21 heavy (non-hydrogen) atoms. The SMILES string of the molecule is CC(C)SCc1nc(-c2ccccc2)c(CNC2CC2)s1. The molecule has 1 saturated carbocycles. The maximum Gasteiger partial charge on any atom is 0.103 e. The zero-order valence-corrected chi connectivity index (χ0v) is 14.3. The molecule has 1 heterocycles. The number of hydrogen-bond donors (Lipinski definition) is 1. The summed E-state index contributed by atoms with van der Waals surface area (Å²) in [5.74, 6) is 1.02. The minimum absolute atomic E-state index is 0.655. The molecule has 1 aromatic heterocycles. The van der Waals surface area contributed by atoms with Crippen LogP contribution in [0.2, 0.25) is 0 Å². The Morgan fingerprint density at radius 1 is 1.29 bits per heavy atom. The van der Waals surface area contributed by atoms with E-state index in [9.17, 15) is 0 Å². The van der Waals surface area contributed by atoms with Crippen LogP contribution < -0.4 is 5.32 Å².